The van der Waals surface area contributed by atoms with Crippen LogP contribution in [0.2, 0.25) is 5.02 Å². The van der Waals surface area contributed by atoms with Crippen molar-refractivity contribution >= 4 is 27.5 Å². The van der Waals surface area contributed by atoms with Crippen molar-refractivity contribution in [3.8, 4) is 11.6 Å². The lowest BCUT2D eigenvalue weighted by Crippen LogP contribution is -2.07. The Hall–Kier alpha value is -1.27. The number of benzene rings is 1. The molecule has 0 atom stereocenters. The highest BCUT2D eigenvalue weighted by Gasteiger charge is 2.34. The first-order chi connectivity index (χ1) is 8.88. The van der Waals surface area contributed by atoms with E-state index in [9.17, 15) is 13.2 Å². The number of aromatic nitrogens is 1. The van der Waals surface area contributed by atoms with Gasteiger partial charge in [0.15, 0.2) is 0 Å². The number of pyridine rings is 1. The third kappa shape index (κ3) is 3.39. The topological polar surface area (TPSA) is 22.1 Å². The first kappa shape index (κ1) is 14.1. The van der Waals surface area contributed by atoms with Crippen LogP contribution in [0.4, 0.5) is 13.2 Å². The van der Waals surface area contributed by atoms with Gasteiger partial charge in [0.2, 0.25) is 5.88 Å². The predicted octanol–water partition coefficient (Wildman–Crippen LogP) is 5.31. The maximum atomic E-state index is 12.8. The van der Waals surface area contributed by atoms with Crippen LogP contribution >= 0.6 is 27.5 Å². The Bertz CT molecular complexity index is 604. The molecule has 100 valence electrons. The van der Waals surface area contributed by atoms with Crippen LogP contribution in [0.15, 0.2) is 41.0 Å². The average molecular weight is 353 g/mol. The van der Waals surface area contributed by atoms with Crippen molar-refractivity contribution < 1.29 is 17.9 Å². The second-order valence-electron chi connectivity index (χ2n) is 3.54. The van der Waals surface area contributed by atoms with Crippen LogP contribution in [-0.4, -0.2) is 4.98 Å². The van der Waals surface area contributed by atoms with Gasteiger partial charge in [0.05, 0.1) is 5.56 Å². The van der Waals surface area contributed by atoms with Crippen LogP contribution in [-0.2, 0) is 6.18 Å². The van der Waals surface area contributed by atoms with Gasteiger partial charge in [-0.15, -0.1) is 0 Å². The molecule has 0 unspecified atom stereocenters. The molecular formula is C12H6BrClF3NO. The molecule has 0 N–H and O–H groups in total. The van der Waals surface area contributed by atoms with Crippen molar-refractivity contribution in [1.29, 1.82) is 0 Å². The van der Waals surface area contributed by atoms with E-state index in [0.29, 0.717) is 4.47 Å². The molecule has 0 radical (unpaired) electrons. The summed E-state index contributed by atoms with van der Waals surface area (Å²) in [5, 5.41) is 0.117. The predicted molar refractivity (Wildman–Crippen MR) is 68.5 cm³/mol. The molecule has 2 rings (SSSR count). The van der Waals surface area contributed by atoms with Gasteiger partial charge in [-0.3, -0.25) is 0 Å². The smallest absolute Gasteiger partial charge is 0.419 e. The summed E-state index contributed by atoms with van der Waals surface area (Å²) in [6, 6.07) is 6.36. The van der Waals surface area contributed by atoms with Crippen molar-refractivity contribution in [3.63, 3.8) is 0 Å². The summed E-state index contributed by atoms with van der Waals surface area (Å²) in [5.74, 6) is -0.423. The zero-order chi connectivity index (χ0) is 14.0. The summed E-state index contributed by atoms with van der Waals surface area (Å²) >= 11 is 8.99. The number of nitrogens with zero attached hydrogens (tertiary/aromatic N) is 1. The summed E-state index contributed by atoms with van der Waals surface area (Å²) in [5.41, 5.74) is -0.879. The molecule has 0 bridgehead atoms. The normalized spacial score (nSPS) is 11.4. The highest BCUT2D eigenvalue weighted by molar-refractivity contribution is 9.10. The fraction of sp³-hybridized carbons (Fsp3) is 0.0833. The van der Waals surface area contributed by atoms with Crippen molar-refractivity contribution in [2.24, 2.45) is 0 Å². The molecule has 19 heavy (non-hydrogen) atoms. The lowest BCUT2D eigenvalue weighted by atomic mass is 10.2. The number of rotatable bonds is 2. The van der Waals surface area contributed by atoms with Gasteiger partial charge in [-0.1, -0.05) is 23.7 Å². The summed E-state index contributed by atoms with van der Waals surface area (Å²) in [7, 11) is 0. The van der Waals surface area contributed by atoms with Gasteiger partial charge in [-0.2, -0.15) is 13.2 Å². The van der Waals surface area contributed by atoms with Gasteiger partial charge in [-0.05, 0) is 34.1 Å². The van der Waals surface area contributed by atoms with Crippen LogP contribution in [0, 0.1) is 0 Å². The maximum absolute atomic E-state index is 12.8. The van der Waals surface area contributed by atoms with Gasteiger partial charge in [-0.25, -0.2) is 4.98 Å². The molecule has 0 spiro atoms. The van der Waals surface area contributed by atoms with Crippen LogP contribution < -0.4 is 4.74 Å². The van der Waals surface area contributed by atoms with Crippen LogP contribution in [0.25, 0.3) is 0 Å². The second kappa shape index (κ2) is 5.38. The largest absolute Gasteiger partial charge is 0.437 e. The molecule has 0 aliphatic heterocycles. The van der Waals surface area contributed by atoms with Crippen molar-refractivity contribution in [2.45, 2.75) is 6.18 Å². The first-order valence-electron chi connectivity index (χ1n) is 5.03. The summed E-state index contributed by atoms with van der Waals surface area (Å²) in [6.07, 6.45) is -3.12. The maximum Gasteiger partial charge on any atom is 0.419 e. The van der Waals surface area contributed by atoms with Gasteiger partial charge in [0.25, 0.3) is 0 Å². The van der Waals surface area contributed by atoms with Gasteiger partial charge < -0.3 is 4.74 Å². The number of alkyl halides is 3. The van der Waals surface area contributed by atoms with E-state index < -0.39 is 11.7 Å². The van der Waals surface area contributed by atoms with E-state index in [1.54, 1.807) is 0 Å². The van der Waals surface area contributed by atoms with E-state index in [4.69, 9.17) is 16.3 Å². The molecular weight excluding hydrogens is 346 g/mol. The fourth-order valence-electron chi connectivity index (χ4n) is 1.37. The molecule has 1 aromatic carbocycles. The molecule has 7 heteroatoms. The van der Waals surface area contributed by atoms with Gasteiger partial charge in [0.1, 0.15) is 10.8 Å². The molecule has 0 amide bonds. The number of halogens is 5. The SMILES string of the molecule is FC(F)(F)c1ccccc1Oc1ncc(Br)cc1Cl. The van der Waals surface area contributed by atoms with Crippen LogP contribution in [0.3, 0.4) is 0 Å². The lowest BCUT2D eigenvalue weighted by molar-refractivity contribution is -0.138. The number of ether oxygens (including phenoxy) is 1. The van der Waals surface area contributed by atoms with E-state index in [2.05, 4.69) is 20.9 Å². The standard InChI is InChI=1S/C12H6BrClF3NO/c13-7-5-9(14)11(18-6-7)19-10-4-2-1-3-8(10)12(15,16)17/h1-6H. The van der Waals surface area contributed by atoms with E-state index in [1.165, 1.54) is 30.5 Å². The summed E-state index contributed by atoms with van der Waals surface area (Å²) in [6.45, 7) is 0. The van der Waals surface area contributed by atoms with E-state index >= 15 is 0 Å². The molecule has 0 fully saturated rings. The molecule has 2 nitrogen and oxygen atoms in total. The van der Waals surface area contributed by atoms with Crippen molar-refractivity contribution in [1.82, 2.24) is 4.98 Å². The molecule has 1 heterocycles. The van der Waals surface area contributed by atoms with E-state index in [0.717, 1.165) is 6.07 Å². The van der Waals surface area contributed by atoms with Crippen LogP contribution in [0.1, 0.15) is 5.56 Å². The number of hydrogen-bond acceptors (Lipinski definition) is 2. The highest BCUT2D eigenvalue weighted by atomic mass is 79.9. The Morgan fingerprint density at radius 3 is 2.53 bits per heavy atom. The second-order valence-corrected chi connectivity index (χ2v) is 4.86. The fourth-order valence-corrected chi connectivity index (χ4v) is 2.04. The van der Waals surface area contributed by atoms with E-state index in [-0.39, 0.29) is 16.7 Å². The molecule has 0 saturated carbocycles. The van der Waals surface area contributed by atoms with Crippen molar-refractivity contribution in [2.75, 3.05) is 0 Å². The molecule has 0 aliphatic carbocycles. The van der Waals surface area contributed by atoms with Gasteiger partial charge in [0, 0.05) is 10.7 Å². The summed E-state index contributed by atoms with van der Waals surface area (Å²) in [4.78, 5) is 3.83. The minimum atomic E-state index is -4.50. The molecule has 0 aliphatic rings. The summed E-state index contributed by atoms with van der Waals surface area (Å²) < 4.78 is 44.1. The zero-order valence-corrected chi connectivity index (χ0v) is 11.6. The average Bonchev–Trinajstić information content (AvgIpc) is 2.32. The molecule has 1 aromatic heterocycles. The lowest BCUT2D eigenvalue weighted by Gasteiger charge is -2.13. The minimum absolute atomic E-state index is 0.0819. The van der Waals surface area contributed by atoms with E-state index in [1.807, 2.05) is 0 Å². The third-order valence-electron chi connectivity index (χ3n) is 2.17. The van der Waals surface area contributed by atoms with Crippen LogP contribution in [0.5, 0.6) is 11.6 Å². The Labute approximate surface area is 120 Å². The van der Waals surface area contributed by atoms with Crippen molar-refractivity contribution in [3.05, 3.63) is 51.6 Å². The Kier molecular flexibility index (Phi) is 4.01. The zero-order valence-electron chi connectivity index (χ0n) is 9.21. The highest BCUT2D eigenvalue weighted by Crippen LogP contribution is 2.38. The quantitative estimate of drug-likeness (QED) is 0.731. The Balaban J connectivity index is 2.39. The monoisotopic (exact) mass is 351 g/mol. The molecule has 2 aromatic rings. The first-order valence-corrected chi connectivity index (χ1v) is 6.20. The third-order valence-corrected chi connectivity index (χ3v) is 2.88. The Morgan fingerprint density at radius 2 is 1.89 bits per heavy atom. The Morgan fingerprint density at radius 1 is 1.21 bits per heavy atom. The van der Waals surface area contributed by atoms with Gasteiger partial charge >= 0.3 is 6.18 Å². The molecule has 0 saturated heterocycles. The minimum Gasteiger partial charge on any atom is -0.437 e. The number of hydrogen-bond donors (Lipinski definition) is 0. The number of para-hydroxylation sites is 1.